The summed E-state index contributed by atoms with van der Waals surface area (Å²) in [6.07, 6.45) is -0.397. The smallest absolute Gasteiger partial charge is 0.326 e. The van der Waals surface area contributed by atoms with Crippen molar-refractivity contribution >= 4 is 17.8 Å². The fourth-order valence-corrected chi connectivity index (χ4v) is 1.18. The van der Waals surface area contributed by atoms with E-state index in [1.54, 1.807) is 0 Å². The molecule has 0 aromatic carbocycles. The van der Waals surface area contributed by atoms with Gasteiger partial charge in [-0.2, -0.15) is 0 Å². The Morgan fingerprint density at radius 2 is 1.82 bits per heavy atom. The third kappa shape index (κ3) is 5.27. The largest absolute Gasteiger partial charge is 0.481 e. The molecule has 0 heterocycles. The number of carbonyl (C=O) groups is 3. The lowest BCUT2D eigenvalue weighted by molar-refractivity contribution is -0.145. The van der Waals surface area contributed by atoms with Crippen LogP contribution in [0.4, 0.5) is 0 Å². The van der Waals surface area contributed by atoms with Crippen LogP contribution in [-0.2, 0) is 14.4 Å². The maximum absolute atomic E-state index is 11.3. The summed E-state index contributed by atoms with van der Waals surface area (Å²) in [5.41, 5.74) is 5.20. The molecule has 0 spiro atoms. The van der Waals surface area contributed by atoms with Gasteiger partial charge in [0.05, 0.1) is 13.0 Å². The van der Waals surface area contributed by atoms with E-state index in [9.17, 15) is 14.4 Å². The number of aliphatic hydroxyl groups excluding tert-OH is 1. The lowest BCUT2D eigenvalue weighted by atomic mass is 9.98. The number of rotatable bonds is 7. The first-order valence-corrected chi connectivity index (χ1v) is 4.91. The van der Waals surface area contributed by atoms with Crippen molar-refractivity contribution in [2.75, 3.05) is 6.61 Å². The Kier molecular flexibility index (Phi) is 6.15. The fourth-order valence-electron chi connectivity index (χ4n) is 1.18. The number of hydrogen-bond acceptors (Lipinski definition) is 5. The maximum atomic E-state index is 11.3. The van der Waals surface area contributed by atoms with Gasteiger partial charge >= 0.3 is 11.9 Å². The van der Waals surface area contributed by atoms with E-state index in [2.05, 4.69) is 5.32 Å². The number of carbonyl (C=O) groups excluding carboxylic acids is 1. The highest BCUT2D eigenvalue weighted by Gasteiger charge is 2.29. The molecule has 0 aliphatic heterocycles. The normalized spacial score (nSPS) is 15.7. The monoisotopic (exact) mass is 248 g/mol. The van der Waals surface area contributed by atoms with E-state index < -0.39 is 48.9 Å². The van der Waals surface area contributed by atoms with Crippen molar-refractivity contribution in [2.45, 2.75) is 25.4 Å². The van der Waals surface area contributed by atoms with Crippen molar-refractivity contribution in [2.24, 2.45) is 11.7 Å². The Bertz CT molecular complexity index is 306. The van der Waals surface area contributed by atoms with E-state index in [1.807, 2.05) is 0 Å². The van der Waals surface area contributed by atoms with Gasteiger partial charge in [-0.3, -0.25) is 9.59 Å². The summed E-state index contributed by atoms with van der Waals surface area (Å²) in [6, 6.07) is -2.58. The molecule has 1 unspecified atom stereocenters. The van der Waals surface area contributed by atoms with Gasteiger partial charge in [-0.1, -0.05) is 6.92 Å². The Balaban J connectivity index is 4.59. The average Bonchev–Trinajstić information content (AvgIpc) is 2.22. The molecule has 0 bridgehead atoms. The maximum Gasteiger partial charge on any atom is 0.326 e. The van der Waals surface area contributed by atoms with Crippen LogP contribution >= 0.6 is 0 Å². The zero-order valence-electron chi connectivity index (χ0n) is 9.29. The third-order valence-electron chi connectivity index (χ3n) is 2.16. The number of amides is 1. The highest BCUT2D eigenvalue weighted by Crippen LogP contribution is 2.09. The predicted octanol–water partition coefficient (Wildman–Crippen LogP) is -2.01. The molecule has 0 radical (unpaired) electrons. The number of nitrogens with two attached hydrogens (primary N) is 1. The zero-order chi connectivity index (χ0) is 13.6. The molecule has 98 valence electrons. The van der Waals surface area contributed by atoms with Gasteiger partial charge in [-0.15, -0.1) is 0 Å². The minimum absolute atomic E-state index is 0.397. The number of hydrogen-bond donors (Lipinski definition) is 5. The number of carboxylic acids is 2. The molecular formula is C9H16N2O6. The van der Waals surface area contributed by atoms with Crippen LogP contribution in [0.3, 0.4) is 0 Å². The van der Waals surface area contributed by atoms with Gasteiger partial charge in [0.15, 0.2) is 0 Å². The highest BCUT2D eigenvalue weighted by atomic mass is 16.4. The van der Waals surface area contributed by atoms with Crippen molar-refractivity contribution in [1.29, 1.82) is 0 Å². The molecule has 8 heteroatoms. The van der Waals surface area contributed by atoms with Gasteiger partial charge in [0.1, 0.15) is 12.1 Å². The van der Waals surface area contributed by atoms with Gasteiger partial charge < -0.3 is 26.4 Å². The lowest BCUT2D eigenvalue weighted by Gasteiger charge is -2.21. The lowest BCUT2D eigenvalue weighted by Crippen LogP contribution is -2.52. The molecule has 0 rings (SSSR count). The molecule has 8 nitrogen and oxygen atoms in total. The molecule has 0 aromatic rings. The Morgan fingerprint density at radius 1 is 1.29 bits per heavy atom. The summed E-state index contributed by atoms with van der Waals surface area (Å²) >= 11 is 0. The minimum Gasteiger partial charge on any atom is -0.481 e. The van der Waals surface area contributed by atoms with Crippen LogP contribution in [0.1, 0.15) is 13.3 Å². The van der Waals surface area contributed by atoms with E-state index in [0.717, 1.165) is 0 Å². The summed E-state index contributed by atoms with van der Waals surface area (Å²) in [4.78, 5) is 32.6. The number of aliphatic carboxylic acids is 2. The predicted molar refractivity (Wildman–Crippen MR) is 56.0 cm³/mol. The van der Waals surface area contributed by atoms with Crippen molar-refractivity contribution in [3.05, 3.63) is 0 Å². The van der Waals surface area contributed by atoms with Gasteiger partial charge in [0, 0.05) is 0 Å². The van der Waals surface area contributed by atoms with Gasteiger partial charge in [0.25, 0.3) is 0 Å². The van der Waals surface area contributed by atoms with Crippen molar-refractivity contribution in [3.8, 4) is 0 Å². The summed E-state index contributed by atoms with van der Waals surface area (Å²) in [5, 5.41) is 28.1. The molecular weight excluding hydrogens is 232 g/mol. The Hall–Kier alpha value is -1.67. The van der Waals surface area contributed by atoms with Crippen molar-refractivity contribution in [3.63, 3.8) is 0 Å². The second kappa shape index (κ2) is 6.81. The molecule has 0 fully saturated rings. The number of carboxylic acid groups (broad SMARTS) is 2. The molecule has 1 amide bonds. The standard InChI is InChI=1S/C9H16N2O6/c1-4(2-6(13)14)7(9(16)17)11-8(15)5(10)3-12/h4-5,7,12H,2-3,10H2,1H3,(H,11,15)(H,13,14)(H,16,17)/t4?,5-,7+/m1/s1. The third-order valence-corrected chi connectivity index (χ3v) is 2.16. The number of aliphatic hydroxyl groups is 1. The quantitative estimate of drug-likeness (QED) is 0.349. The Morgan fingerprint density at radius 3 is 2.18 bits per heavy atom. The number of nitrogens with one attached hydrogen (secondary N) is 1. The first-order chi connectivity index (χ1) is 7.79. The SMILES string of the molecule is CC(CC(=O)O)[C@H](NC(=O)[C@H](N)CO)C(=O)O. The van der Waals surface area contributed by atoms with E-state index in [1.165, 1.54) is 6.92 Å². The van der Waals surface area contributed by atoms with Crippen LogP contribution in [0.5, 0.6) is 0 Å². The zero-order valence-corrected chi connectivity index (χ0v) is 9.29. The highest BCUT2D eigenvalue weighted by molar-refractivity contribution is 5.87. The van der Waals surface area contributed by atoms with Crippen LogP contribution in [-0.4, -0.2) is 51.9 Å². The molecule has 0 aromatic heterocycles. The molecule has 17 heavy (non-hydrogen) atoms. The van der Waals surface area contributed by atoms with E-state index in [4.69, 9.17) is 21.1 Å². The van der Waals surface area contributed by atoms with E-state index in [0.29, 0.717) is 0 Å². The van der Waals surface area contributed by atoms with Gasteiger partial charge in [0.2, 0.25) is 5.91 Å². The summed E-state index contributed by atoms with van der Waals surface area (Å²) < 4.78 is 0. The van der Waals surface area contributed by atoms with Crippen LogP contribution in [0.15, 0.2) is 0 Å². The van der Waals surface area contributed by atoms with Gasteiger partial charge in [-0.25, -0.2) is 4.79 Å². The first kappa shape index (κ1) is 15.3. The fraction of sp³-hybridized carbons (Fsp3) is 0.667. The Labute approximate surface area is 97.4 Å². The van der Waals surface area contributed by atoms with Crippen LogP contribution in [0, 0.1) is 5.92 Å². The molecule has 6 N–H and O–H groups in total. The van der Waals surface area contributed by atoms with Gasteiger partial charge in [-0.05, 0) is 5.92 Å². The van der Waals surface area contributed by atoms with Crippen LogP contribution < -0.4 is 11.1 Å². The topological polar surface area (TPSA) is 150 Å². The second-order valence-electron chi connectivity index (χ2n) is 3.69. The second-order valence-corrected chi connectivity index (χ2v) is 3.69. The molecule has 0 saturated heterocycles. The van der Waals surface area contributed by atoms with Crippen LogP contribution in [0.2, 0.25) is 0 Å². The van der Waals surface area contributed by atoms with Crippen molar-refractivity contribution in [1.82, 2.24) is 5.32 Å². The van der Waals surface area contributed by atoms with Crippen molar-refractivity contribution < 1.29 is 29.7 Å². The molecule has 3 atom stereocenters. The first-order valence-electron chi connectivity index (χ1n) is 4.91. The van der Waals surface area contributed by atoms with E-state index in [-0.39, 0.29) is 0 Å². The minimum atomic E-state index is -1.35. The summed E-state index contributed by atoms with van der Waals surface area (Å²) in [5.74, 6) is -4.14. The molecule has 0 saturated carbocycles. The average molecular weight is 248 g/mol. The summed E-state index contributed by atoms with van der Waals surface area (Å²) in [6.45, 7) is 0.767. The summed E-state index contributed by atoms with van der Waals surface area (Å²) in [7, 11) is 0. The molecule has 0 aliphatic carbocycles. The van der Waals surface area contributed by atoms with E-state index >= 15 is 0 Å². The molecule has 0 aliphatic rings. The van der Waals surface area contributed by atoms with Crippen LogP contribution in [0.25, 0.3) is 0 Å².